The number of isocyanates is 1. The molecule has 1 aromatic rings. The van der Waals surface area contributed by atoms with Crippen molar-refractivity contribution >= 4 is 12.0 Å². The summed E-state index contributed by atoms with van der Waals surface area (Å²) in [7, 11) is 0. The molecule has 0 amide bonds. The fourth-order valence-corrected chi connectivity index (χ4v) is 1.61. The second-order valence-corrected chi connectivity index (χ2v) is 5.40. The van der Waals surface area contributed by atoms with Gasteiger partial charge in [0.25, 0.3) is 0 Å². The van der Waals surface area contributed by atoms with E-state index in [4.69, 9.17) is 4.74 Å². The molecule has 1 atom stereocenters. The molecule has 0 aromatic heterocycles. The summed E-state index contributed by atoms with van der Waals surface area (Å²) in [5.74, 6) is -0.251. The SMILES string of the molecule is CC(N=C=O)c1ccc(CC(=O)OC(C)(C)C)cc1. The first-order valence-electron chi connectivity index (χ1n) is 6.19. The van der Waals surface area contributed by atoms with E-state index in [0.29, 0.717) is 0 Å². The maximum absolute atomic E-state index is 11.7. The van der Waals surface area contributed by atoms with Gasteiger partial charge in [-0.15, -0.1) is 0 Å². The van der Waals surface area contributed by atoms with Gasteiger partial charge in [-0.3, -0.25) is 4.79 Å². The van der Waals surface area contributed by atoms with E-state index in [1.54, 1.807) is 0 Å². The monoisotopic (exact) mass is 261 g/mol. The molecule has 1 rings (SSSR count). The highest BCUT2D eigenvalue weighted by molar-refractivity contribution is 5.73. The Bertz CT molecular complexity index is 479. The van der Waals surface area contributed by atoms with Crippen LogP contribution in [0.5, 0.6) is 0 Å². The van der Waals surface area contributed by atoms with Crippen LogP contribution in [0.2, 0.25) is 0 Å². The molecule has 0 spiro atoms. The van der Waals surface area contributed by atoms with Gasteiger partial charge >= 0.3 is 5.97 Å². The zero-order valence-corrected chi connectivity index (χ0v) is 11.8. The molecule has 4 heteroatoms. The third kappa shape index (κ3) is 5.49. The van der Waals surface area contributed by atoms with Crippen molar-refractivity contribution in [3.63, 3.8) is 0 Å². The van der Waals surface area contributed by atoms with E-state index in [1.807, 2.05) is 52.0 Å². The molecule has 0 N–H and O–H groups in total. The Balaban J connectivity index is 2.67. The Kier molecular flexibility index (Phi) is 5.02. The lowest BCUT2D eigenvalue weighted by Crippen LogP contribution is -2.24. The normalized spacial score (nSPS) is 12.4. The van der Waals surface area contributed by atoms with E-state index in [0.717, 1.165) is 11.1 Å². The first-order chi connectivity index (χ1) is 8.81. The summed E-state index contributed by atoms with van der Waals surface area (Å²) in [5.41, 5.74) is 1.32. The summed E-state index contributed by atoms with van der Waals surface area (Å²) in [6.07, 6.45) is 1.78. The van der Waals surface area contributed by atoms with Gasteiger partial charge in [-0.2, -0.15) is 4.99 Å². The molecule has 0 fully saturated rings. The van der Waals surface area contributed by atoms with Crippen LogP contribution in [0.4, 0.5) is 0 Å². The van der Waals surface area contributed by atoms with Gasteiger partial charge in [0.05, 0.1) is 12.5 Å². The van der Waals surface area contributed by atoms with Crippen LogP contribution in [0.1, 0.15) is 44.9 Å². The molecule has 0 aliphatic rings. The molecule has 1 unspecified atom stereocenters. The van der Waals surface area contributed by atoms with E-state index >= 15 is 0 Å². The van der Waals surface area contributed by atoms with Crippen LogP contribution in [0.25, 0.3) is 0 Å². The minimum atomic E-state index is -0.468. The number of benzene rings is 1. The summed E-state index contributed by atoms with van der Waals surface area (Å²) in [6.45, 7) is 7.33. The smallest absolute Gasteiger partial charge is 0.310 e. The molecular formula is C15H19NO3. The van der Waals surface area contributed by atoms with Crippen LogP contribution in [0.3, 0.4) is 0 Å². The Hall–Kier alpha value is -1.93. The number of hydrogen-bond acceptors (Lipinski definition) is 4. The molecule has 0 saturated heterocycles. The standard InChI is InChI=1S/C15H19NO3/c1-11(16-10-17)13-7-5-12(6-8-13)9-14(18)19-15(2,3)4/h5-8,11H,9H2,1-4H3. The highest BCUT2D eigenvalue weighted by atomic mass is 16.6. The fourth-order valence-electron chi connectivity index (χ4n) is 1.61. The number of carbonyl (C=O) groups excluding carboxylic acids is 2. The van der Waals surface area contributed by atoms with E-state index in [-0.39, 0.29) is 18.4 Å². The van der Waals surface area contributed by atoms with Gasteiger partial charge in [0, 0.05) is 0 Å². The van der Waals surface area contributed by atoms with Gasteiger partial charge in [-0.25, -0.2) is 4.79 Å². The molecule has 0 aliphatic heterocycles. The number of nitrogens with zero attached hydrogens (tertiary/aromatic N) is 1. The predicted molar refractivity (Wildman–Crippen MR) is 72.5 cm³/mol. The largest absolute Gasteiger partial charge is 0.460 e. The minimum absolute atomic E-state index is 0.215. The summed E-state index contributed by atoms with van der Waals surface area (Å²) in [5, 5.41) is 0. The maximum Gasteiger partial charge on any atom is 0.310 e. The second-order valence-electron chi connectivity index (χ2n) is 5.40. The lowest BCUT2D eigenvalue weighted by atomic mass is 10.0. The number of esters is 1. The van der Waals surface area contributed by atoms with Gasteiger partial charge in [-0.1, -0.05) is 24.3 Å². The first kappa shape index (κ1) is 15.1. The predicted octanol–water partition coefficient (Wildman–Crippen LogP) is 2.97. The summed E-state index contributed by atoms with van der Waals surface area (Å²) in [4.78, 5) is 25.5. The Morgan fingerprint density at radius 3 is 2.37 bits per heavy atom. The van der Waals surface area contributed by atoms with Crippen molar-refractivity contribution in [2.45, 2.75) is 45.8 Å². The van der Waals surface area contributed by atoms with Crippen molar-refractivity contribution in [3.05, 3.63) is 35.4 Å². The Labute approximate surface area is 113 Å². The third-order valence-corrected chi connectivity index (χ3v) is 2.48. The third-order valence-electron chi connectivity index (χ3n) is 2.48. The van der Waals surface area contributed by atoms with Crippen molar-refractivity contribution in [3.8, 4) is 0 Å². The fraction of sp³-hybridized carbons (Fsp3) is 0.467. The van der Waals surface area contributed by atoms with Crippen molar-refractivity contribution in [2.75, 3.05) is 0 Å². The van der Waals surface area contributed by atoms with Gasteiger partial charge in [-0.05, 0) is 38.8 Å². The maximum atomic E-state index is 11.7. The average molecular weight is 261 g/mol. The van der Waals surface area contributed by atoms with Gasteiger partial charge in [0.15, 0.2) is 0 Å². The van der Waals surface area contributed by atoms with Gasteiger partial charge in [0.1, 0.15) is 5.60 Å². The molecule has 1 aromatic carbocycles. The van der Waals surface area contributed by atoms with Gasteiger partial charge in [0.2, 0.25) is 6.08 Å². The van der Waals surface area contributed by atoms with Crippen LogP contribution in [0, 0.1) is 0 Å². The highest BCUT2D eigenvalue weighted by Crippen LogP contribution is 2.17. The highest BCUT2D eigenvalue weighted by Gasteiger charge is 2.16. The zero-order valence-electron chi connectivity index (χ0n) is 11.8. The van der Waals surface area contributed by atoms with Crippen LogP contribution in [-0.2, 0) is 20.7 Å². The summed E-state index contributed by atoms with van der Waals surface area (Å²) < 4.78 is 5.25. The number of ether oxygens (including phenoxy) is 1. The first-order valence-corrected chi connectivity index (χ1v) is 6.19. The van der Waals surface area contributed by atoms with Crippen LogP contribution in [0.15, 0.2) is 29.3 Å². The molecule has 4 nitrogen and oxygen atoms in total. The van der Waals surface area contributed by atoms with Crippen molar-refractivity contribution in [1.82, 2.24) is 0 Å². The Morgan fingerprint density at radius 1 is 1.32 bits per heavy atom. The summed E-state index contributed by atoms with van der Waals surface area (Å²) in [6, 6.07) is 7.18. The summed E-state index contributed by atoms with van der Waals surface area (Å²) >= 11 is 0. The van der Waals surface area contributed by atoms with Crippen molar-refractivity contribution in [2.24, 2.45) is 4.99 Å². The number of rotatable bonds is 4. The molecule has 0 radical (unpaired) electrons. The number of carbonyl (C=O) groups is 1. The molecular weight excluding hydrogens is 242 g/mol. The quantitative estimate of drug-likeness (QED) is 0.475. The second kappa shape index (κ2) is 6.30. The average Bonchev–Trinajstić information content (AvgIpc) is 2.27. The number of aliphatic imine (C=N–C) groups is 1. The van der Waals surface area contributed by atoms with E-state index in [2.05, 4.69) is 4.99 Å². The van der Waals surface area contributed by atoms with E-state index in [1.165, 1.54) is 6.08 Å². The van der Waals surface area contributed by atoms with Gasteiger partial charge < -0.3 is 4.74 Å². The van der Waals surface area contributed by atoms with E-state index < -0.39 is 5.60 Å². The topological polar surface area (TPSA) is 55.7 Å². The van der Waals surface area contributed by atoms with Crippen LogP contribution >= 0.6 is 0 Å². The van der Waals surface area contributed by atoms with Crippen molar-refractivity contribution < 1.29 is 14.3 Å². The molecule has 0 saturated carbocycles. The lowest BCUT2D eigenvalue weighted by molar-refractivity contribution is -0.153. The molecule has 0 heterocycles. The zero-order chi connectivity index (χ0) is 14.5. The van der Waals surface area contributed by atoms with Crippen molar-refractivity contribution in [1.29, 1.82) is 0 Å². The number of hydrogen-bond donors (Lipinski definition) is 0. The van der Waals surface area contributed by atoms with Crippen LogP contribution < -0.4 is 0 Å². The molecule has 0 bridgehead atoms. The van der Waals surface area contributed by atoms with Crippen LogP contribution in [-0.4, -0.2) is 17.7 Å². The molecule has 0 aliphatic carbocycles. The molecule has 19 heavy (non-hydrogen) atoms. The minimum Gasteiger partial charge on any atom is -0.460 e. The molecule has 102 valence electrons. The lowest BCUT2D eigenvalue weighted by Gasteiger charge is -2.19. The van der Waals surface area contributed by atoms with E-state index in [9.17, 15) is 9.59 Å². The Morgan fingerprint density at radius 2 is 1.89 bits per heavy atom.